The Morgan fingerprint density at radius 2 is 2.11 bits per heavy atom. The highest BCUT2D eigenvalue weighted by Crippen LogP contribution is 2.34. The Morgan fingerprint density at radius 1 is 1.53 bits per heavy atom. The molecule has 104 valence electrons. The Morgan fingerprint density at radius 3 is 2.58 bits per heavy atom. The average Bonchev–Trinajstić information content (AvgIpc) is 2.37. The molecule has 0 aromatic heterocycles. The molecule has 1 unspecified atom stereocenters. The molecule has 0 saturated carbocycles. The molecule has 19 heavy (non-hydrogen) atoms. The Hall–Kier alpha value is -1.77. The van der Waals surface area contributed by atoms with E-state index in [-0.39, 0.29) is 4.47 Å². The number of hydrogen-bond acceptors (Lipinski definition) is 5. The summed E-state index contributed by atoms with van der Waals surface area (Å²) in [5.41, 5.74) is -1.40. The zero-order valence-electron chi connectivity index (χ0n) is 9.87. The van der Waals surface area contributed by atoms with Crippen molar-refractivity contribution in [1.29, 1.82) is 0 Å². The second kappa shape index (κ2) is 5.91. The van der Waals surface area contributed by atoms with Crippen molar-refractivity contribution in [3.63, 3.8) is 0 Å². The first-order valence-corrected chi connectivity index (χ1v) is 5.75. The number of nitro benzene ring substituents is 1. The van der Waals surface area contributed by atoms with Crippen molar-refractivity contribution in [2.24, 2.45) is 0 Å². The predicted molar refractivity (Wildman–Crippen MR) is 65.8 cm³/mol. The maximum atomic E-state index is 13.7. The van der Waals surface area contributed by atoms with Gasteiger partial charge in [0.25, 0.3) is 5.69 Å². The van der Waals surface area contributed by atoms with Gasteiger partial charge in [0.15, 0.2) is 17.3 Å². The van der Waals surface area contributed by atoms with Gasteiger partial charge in [0, 0.05) is 6.07 Å². The van der Waals surface area contributed by atoms with Crippen LogP contribution in [0, 0.1) is 21.7 Å². The van der Waals surface area contributed by atoms with Crippen LogP contribution >= 0.6 is 15.9 Å². The van der Waals surface area contributed by atoms with Gasteiger partial charge in [-0.25, -0.2) is 13.6 Å². The summed E-state index contributed by atoms with van der Waals surface area (Å²) in [6.45, 7) is 1.30. The summed E-state index contributed by atoms with van der Waals surface area (Å²) >= 11 is 2.67. The molecule has 0 saturated heterocycles. The summed E-state index contributed by atoms with van der Waals surface area (Å²) in [5, 5.41) is 13.0. The van der Waals surface area contributed by atoms with Crippen molar-refractivity contribution in [2.75, 3.05) is 12.4 Å². The van der Waals surface area contributed by atoms with Crippen LogP contribution in [0.5, 0.6) is 0 Å². The maximum Gasteiger partial charge on any atom is 0.327 e. The fourth-order valence-corrected chi connectivity index (χ4v) is 1.71. The summed E-state index contributed by atoms with van der Waals surface area (Å²) in [5.74, 6) is -3.50. The van der Waals surface area contributed by atoms with E-state index in [1.165, 1.54) is 6.92 Å². The third kappa shape index (κ3) is 3.16. The monoisotopic (exact) mass is 338 g/mol. The molecule has 0 radical (unpaired) electrons. The van der Waals surface area contributed by atoms with Gasteiger partial charge >= 0.3 is 5.97 Å². The molecule has 0 bridgehead atoms. The molecule has 9 heteroatoms. The summed E-state index contributed by atoms with van der Waals surface area (Å²) in [6.07, 6.45) is 0. The van der Waals surface area contributed by atoms with Crippen molar-refractivity contribution < 1.29 is 23.2 Å². The van der Waals surface area contributed by atoms with Crippen LogP contribution in [-0.4, -0.2) is 24.0 Å². The molecule has 1 rings (SSSR count). The second-order valence-corrected chi connectivity index (χ2v) is 4.38. The van der Waals surface area contributed by atoms with Gasteiger partial charge < -0.3 is 10.1 Å². The maximum absolute atomic E-state index is 13.7. The second-order valence-electron chi connectivity index (χ2n) is 3.53. The SMILES string of the molecule is COC(=O)C(C)Nc1c([N+](=O)[O-])cc(Br)c(F)c1F. The topological polar surface area (TPSA) is 81.5 Å². The molecule has 0 heterocycles. The quantitative estimate of drug-likeness (QED) is 0.395. The normalized spacial score (nSPS) is 11.8. The van der Waals surface area contributed by atoms with Gasteiger partial charge in [-0.1, -0.05) is 0 Å². The minimum absolute atomic E-state index is 0.382. The number of carbonyl (C=O) groups excluding carboxylic acids is 1. The van der Waals surface area contributed by atoms with E-state index in [0.717, 1.165) is 13.2 Å². The largest absolute Gasteiger partial charge is 0.467 e. The first-order valence-electron chi connectivity index (χ1n) is 4.95. The molecule has 1 aromatic carbocycles. The highest BCUT2D eigenvalue weighted by Gasteiger charge is 2.27. The highest BCUT2D eigenvalue weighted by molar-refractivity contribution is 9.10. The molecule has 6 nitrogen and oxygen atoms in total. The first kappa shape index (κ1) is 15.3. The van der Waals surface area contributed by atoms with Crippen LogP contribution in [0.25, 0.3) is 0 Å². The van der Waals surface area contributed by atoms with Gasteiger partial charge in [-0.3, -0.25) is 10.1 Å². The molecular formula is C10H9BrF2N2O4. The van der Waals surface area contributed by atoms with E-state index in [1.807, 2.05) is 0 Å². The van der Waals surface area contributed by atoms with Crippen LogP contribution in [-0.2, 0) is 9.53 Å². The summed E-state index contributed by atoms with van der Waals surface area (Å²) in [4.78, 5) is 21.1. The van der Waals surface area contributed by atoms with Crippen LogP contribution in [0.2, 0.25) is 0 Å². The minimum Gasteiger partial charge on any atom is -0.467 e. The zero-order valence-corrected chi connectivity index (χ0v) is 11.5. The van der Waals surface area contributed by atoms with Crippen LogP contribution in [0.1, 0.15) is 6.92 Å². The third-order valence-electron chi connectivity index (χ3n) is 2.25. The Kier molecular flexibility index (Phi) is 4.76. The van der Waals surface area contributed by atoms with E-state index < -0.39 is 39.9 Å². The molecule has 1 N–H and O–H groups in total. The zero-order chi connectivity index (χ0) is 14.7. The number of carbonyl (C=O) groups is 1. The van der Waals surface area contributed by atoms with E-state index in [2.05, 4.69) is 26.0 Å². The minimum atomic E-state index is -1.45. The van der Waals surface area contributed by atoms with Crippen molar-refractivity contribution in [1.82, 2.24) is 0 Å². The standard InChI is InChI=1S/C10H9BrF2N2O4/c1-4(10(16)19-2)14-9-6(15(17)18)3-5(11)7(12)8(9)13/h3-4,14H,1-2H3. The number of halogens is 3. The molecule has 0 aliphatic heterocycles. The number of anilines is 1. The fraction of sp³-hybridized carbons (Fsp3) is 0.300. The predicted octanol–water partition coefficient (Wildman–Crippen LogP) is 2.61. The van der Waals surface area contributed by atoms with E-state index in [1.54, 1.807) is 0 Å². The summed E-state index contributed by atoms with van der Waals surface area (Å²) in [7, 11) is 1.10. The van der Waals surface area contributed by atoms with Crippen LogP contribution in [0.3, 0.4) is 0 Å². The fourth-order valence-electron chi connectivity index (χ4n) is 1.32. The smallest absolute Gasteiger partial charge is 0.327 e. The number of methoxy groups -OCH3 is 1. The average molecular weight is 339 g/mol. The Balaban J connectivity index is 3.29. The number of nitro groups is 1. The Bertz CT molecular complexity index is 539. The van der Waals surface area contributed by atoms with Crippen molar-refractivity contribution in [3.05, 3.63) is 32.3 Å². The number of nitrogens with one attached hydrogen (secondary N) is 1. The molecule has 0 spiro atoms. The van der Waals surface area contributed by atoms with Crippen molar-refractivity contribution >= 4 is 33.3 Å². The molecule has 0 aliphatic carbocycles. The lowest BCUT2D eigenvalue weighted by molar-refractivity contribution is -0.384. The van der Waals surface area contributed by atoms with Crippen molar-refractivity contribution in [2.45, 2.75) is 13.0 Å². The molecule has 0 aliphatic rings. The summed E-state index contributed by atoms with van der Waals surface area (Å²) < 4.78 is 31.1. The van der Waals surface area contributed by atoms with Gasteiger partial charge in [0.1, 0.15) is 6.04 Å². The van der Waals surface area contributed by atoms with Crippen LogP contribution < -0.4 is 5.32 Å². The van der Waals surface area contributed by atoms with Crippen LogP contribution in [0.4, 0.5) is 20.2 Å². The molecular weight excluding hydrogens is 330 g/mol. The van der Waals surface area contributed by atoms with Gasteiger partial charge in [0.05, 0.1) is 16.5 Å². The summed E-state index contributed by atoms with van der Waals surface area (Å²) in [6, 6.07) is -0.260. The molecule has 1 atom stereocenters. The van der Waals surface area contributed by atoms with Gasteiger partial charge in [0.2, 0.25) is 0 Å². The van der Waals surface area contributed by atoms with Gasteiger partial charge in [-0.05, 0) is 22.9 Å². The van der Waals surface area contributed by atoms with Gasteiger partial charge in [-0.15, -0.1) is 0 Å². The van der Waals surface area contributed by atoms with Crippen LogP contribution in [0.15, 0.2) is 10.5 Å². The van der Waals surface area contributed by atoms with Gasteiger partial charge in [-0.2, -0.15) is 0 Å². The number of nitrogens with zero attached hydrogens (tertiary/aromatic N) is 1. The number of benzene rings is 1. The number of esters is 1. The molecule has 1 aromatic rings. The lowest BCUT2D eigenvalue weighted by atomic mass is 10.2. The number of hydrogen-bond donors (Lipinski definition) is 1. The Labute approximate surface area is 115 Å². The molecule has 0 fully saturated rings. The van der Waals surface area contributed by atoms with E-state index >= 15 is 0 Å². The lowest BCUT2D eigenvalue weighted by Crippen LogP contribution is -2.28. The molecule has 0 amide bonds. The van der Waals surface area contributed by atoms with Crippen molar-refractivity contribution in [3.8, 4) is 0 Å². The first-order chi connectivity index (χ1) is 8.79. The lowest BCUT2D eigenvalue weighted by Gasteiger charge is -2.14. The van der Waals surface area contributed by atoms with E-state index in [4.69, 9.17) is 0 Å². The van der Waals surface area contributed by atoms with E-state index in [9.17, 15) is 23.7 Å². The third-order valence-corrected chi connectivity index (χ3v) is 2.83. The van der Waals surface area contributed by atoms with E-state index in [0.29, 0.717) is 0 Å². The number of ether oxygens (including phenoxy) is 1. The number of rotatable bonds is 4. The highest BCUT2D eigenvalue weighted by atomic mass is 79.9.